The van der Waals surface area contributed by atoms with Crippen LogP contribution < -0.4 is 0 Å². The van der Waals surface area contributed by atoms with Crippen molar-refractivity contribution in [3.05, 3.63) is 0 Å². The summed E-state index contributed by atoms with van der Waals surface area (Å²) >= 11 is 0. The topological polar surface area (TPSA) is 94.8 Å². The van der Waals surface area contributed by atoms with E-state index in [1.807, 2.05) is 0 Å². The quantitative estimate of drug-likeness (QED) is 0.607. The maximum atomic E-state index is 9.72. The summed E-state index contributed by atoms with van der Waals surface area (Å²) in [5, 5.41) is 24.1. The van der Waals surface area contributed by atoms with Crippen LogP contribution in [-0.2, 0) is 9.59 Å². The van der Waals surface area contributed by atoms with Crippen LogP contribution in [0.2, 0.25) is 0 Å². The molecule has 0 rings (SSSR count). The molecule has 3 N–H and O–H groups in total. The van der Waals surface area contributed by atoms with Gasteiger partial charge in [0.25, 0.3) is 0 Å². The minimum Gasteiger partial charge on any atom is -0.481 e. The van der Waals surface area contributed by atoms with Gasteiger partial charge in [-0.2, -0.15) is 0 Å². The number of aliphatic hydroxyl groups excluding tert-OH is 1. The van der Waals surface area contributed by atoms with Gasteiger partial charge < -0.3 is 15.3 Å². The fourth-order valence-electron chi connectivity index (χ4n) is 0.253. The zero-order chi connectivity index (χ0) is 7.44. The second kappa shape index (κ2) is 5.85. The predicted molar refractivity (Wildman–Crippen MR) is 25.9 cm³/mol. The molecule has 1 unspecified atom stereocenters. The van der Waals surface area contributed by atoms with Crippen molar-refractivity contribution in [1.82, 2.24) is 0 Å². The largest absolute Gasteiger partial charge is 0.481 e. The summed E-state index contributed by atoms with van der Waals surface area (Å²) in [5.41, 5.74) is 0. The van der Waals surface area contributed by atoms with E-state index in [-0.39, 0.29) is 35.6 Å². The molecule has 6 heteroatoms. The summed E-state index contributed by atoms with van der Waals surface area (Å²) in [4.78, 5) is 19.4. The number of carboxylic acid groups (broad SMARTS) is 2. The van der Waals surface area contributed by atoms with Crippen molar-refractivity contribution >= 4 is 11.9 Å². The van der Waals surface area contributed by atoms with Gasteiger partial charge in [0.05, 0.1) is 6.42 Å². The zero-order valence-corrected chi connectivity index (χ0v) is 8.65. The van der Waals surface area contributed by atoms with Gasteiger partial charge in [-0.05, 0) is 0 Å². The normalized spacial score (nSPS) is 11.3. The molecule has 0 aromatic rings. The molecule has 5 nitrogen and oxygen atoms in total. The Morgan fingerprint density at radius 2 is 1.70 bits per heavy atom. The van der Waals surface area contributed by atoms with Gasteiger partial charge in [-0.1, -0.05) is 0 Å². The third-order valence-electron chi connectivity index (χ3n) is 0.653. The van der Waals surface area contributed by atoms with Crippen molar-refractivity contribution < 1.29 is 60.5 Å². The minimum absolute atomic E-state index is 0. The Hall–Kier alpha value is 0.0948. The smallest absolute Gasteiger partial charge is 0.333 e. The molecular weight excluding hydrogens is 267 g/mol. The first-order valence-corrected chi connectivity index (χ1v) is 2.16. The molecule has 0 aliphatic carbocycles. The van der Waals surface area contributed by atoms with Crippen LogP contribution in [0.3, 0.4) is 0 Å². The van der Waals surface area contributed by atoms with Crippen molar-refractivity contribution in [2.45, 2.75) is 12.5 Å². The van der Waals surface area contributed by atoms with Crippen LogP contribution in [0.5, 0.6) is 0 Å². The molecule has 0 aromatic heterocycles. The van der Waals surface area contributed by atoms with Crippen molar-refractivity contribution in [1.29, 1.82) is 0 Å². The van der Waals surface area contributed by atoms with E-state index in [0.717, 1.165) is 0 Å². The third-order valence-corrected chi connectivity index (χ3v) is 0.653. The van der Waals surface area contributed by atoms with Crippen LogP contribution in [0.25, 0.3) is 0 Å². The van der Waals surface area contributed by atoms with E-state index < -0.39 is 24.5 Å². The number of aliphatic carboxylic acids is 2. The van der Waals surface area contributed by atoms with Crippen LogP contribution in [0, 0.1) is 35.6 Å². The monoisotopic (exact) mass is 273 g/mol. The maximum absolute atomic E-state index is 9.72. The van der Waals surface area contributed by atoms with E-state index in [1.54, 1.807) is 0 Å². The number of aliphatic hydroxyl groups is 1. The van der Waals surface area contributed by atoms with Gasteiger partial charge in [0.2, 0.25) is 0 Å². The second-order valence-electron chi connectivity index (χ2n) is 1.45. The third kappa shape index (κ3) is 6.22. The first-order chi connectivity index (χ1) is 4.04. The Labute approximate surface area is 84.6 Å². The molecule has 0 aliphatic heterocycles. The SMILES string of the molecule is O=C(O)CC(O)C(=O)O.[La]. The number of carbonyl (C=O) groups is 2. The number of hydrogen-bond donors (Lipinski definition) is 3. The Morgan fingerprint density at radius 1 is 1.30 bits per heavy atom. The molecule has 0 saturated carbocycles. The molecule has 1 radical (unpaired) electrons. The van der Waals surface area contributed by atoms with Crippen molar-refractivity contribution in [3.8, 4) is 0 Å². The Balaban J connectivity index is 0. The second-order valence-corrected chi connectivity index (χ2v) is 1.45. The number of carboxylic acids is 2. The first kappa shape index (κ1) is 12.7. The van der Waals surface area contributed by atoms with E-state index in [0.29, 0.717) is 0 Å². The average Bonchev–Trinajstić information content (AvgIpc) is 1.63. The standard InChI is InChI=1S/C4H6O5.La/c5-2(4(8)9)1-3(6)7;/h2,5H,1H2,(H,6,7)(H,8,9);. The summed E-state index contributed by atoms with van der Waals surface area (Å²) < 4.78 is 0. The average molecular weight is 273 g/mol. The summed E-state index contributed by atoms with van der Waals surface area (Å²) in [7, 11) is 0. The van der Waals surface area contributed by atoms with Crippen molar-refractivity contribution in [3.63, 3.8) is 0 Å². The van der Waals surface area contributed by atoms with E-state index in [4.69, 9.17) is 15.3 Å². The van der Waals surface area contributed by atoms with Crippen LogP contribution in [0.1, 0.15) is 6.42 Å². The van der Waals surface area contributed by atoms with Crippen molar-refractivity contribution in [2.24, 2.45) is 0 Å². The summed E-state index contributed by atoms with van der Waals surface area (Å²) in [6, 6.07) is 0. The van der Waals surface area contributed by atoms with Gasteiger partial charge in [-0.15, -0.1) is 0 Å². The molecule has 1 atom stereocenters. The summed E-state index contributed by atoms with van der Waals surface area (Å²) in [6.45, 7) is 0. The molecule has 0 heterocycles. The van der Waals surface area contributed by atoms with E-state index in [2.05, 4.69) is 0 Å². The van der Waals surface area contributed by atoms with Gasteiger partial charge in [0, 0.05) is 35.6 Å². The van der Waals surface area contributed by atoms with E-state index in [1.165, 1.54) is 0 Å². The fraction of sp³-hybridized carbons (Fsp3) is 0.500. The zero-order valence-electron chi connectivity index (χ0n) is 5.02. The summed E-state index contributed by atoms with van der Waals surface area (Å²) in [6.07, 6.45) is -2.54. The van der Waals surface area contributed by atoms with E-state index >= 15 is 0 Å². The molecule has 0 saturated heterocycles. The molecular formula is C4H6LaO5. The molecule has 0 aromatic carbocycles. The van der Waals surface area contributed by atoms with E-state index in [9.17, 15) is 9.59 Å². The van der Waals surface area contributed by atoms with Crippen LogP contribution in [0.15, 0.2) is 0 Å². The maximum Gasteiger partial charge on any atom is 0.333 e. The Morgan fingerprint density at radius 3 is 1.80 bits per heavy atom. The summed E-state index contributed by atoms with van der Waals surface area (Å²) in [5.74, 6) is -2.85. The number of rotatable bonds is 3. The molecule has 0 aliphatic rings. The predicted octanol–water partition coefficient (Wildman–Crippen LogP) is -1.09. The van der Waals surface area contributed by atoms with Gasteiger partial charge in [0.1, 0.15) is 0 Å². The Kier molecular flexibility index (Phi) is 7.45. The molecule has 0 spiro atoms. The molecule has 10 heavy (non-hydrogen) atoms. The van der Waals surface area contributed by atoms with Crippen LogP contribution in [-0.4, -0.2) is 33.4 Å². The van der Waals surface area contributed by atoms with Gasteiger partial charge in [-0.25, -0.2) is 4.79 Å². The van der Waals surface area contributed by atoms with Gasteiger partial charge >= 0.3 is 11.9 Å². The number of hydrogen-bond acceptors (Lipinski definition) is 3. The van der Waals surface area contributed by atoms with Crippen molar-refractivity contribution in [2.75, 3.05) is 0 Å². The molecule has 0 bridgehead atoms. The van der Waals surface area contributed by atoms with Crippen LogP contribution in [0.4, 0.5) is 0 Å². The molecule has 0 fully saturated rings. The first-order valence-electron chi connectivity index (χ1n) is 2.16. The molecule has 0 amide bonds. The van der Waals surface area contributed by atoms with Gasteiger partial charge in [-0.3, -0.25) is 4.79 Å². The van der Waals surface area contributed by atoms with Gasteiger partial charge in [0.15, 0.2) is 6.10 Å². The fourth-order valence-corrected chi connectivity index (χ4v) is 0.253. The molecule has 55 valence electrons. The minimum atomic E-state index is -1.79. The van der Waals surface area contributed by atoms with Crippen LogP contribution >= 0.6 is 0 Å². The Bertz CT molecular complexity index is 134.